The van der Waals surface area contributed by atoms with Gasteiger partial charge in [0.2, 0.25) is 0 Å². The first-order valence-electron chi connectivity index (χ1n) is 6.54. The van der Waals surface area contributed by atoms with Crippen LogP contribution in [0.3, 0.4) is 0 Å². The molecule has 0 radical (unpaired) electrons. The molecule has 2 rings (SSSR count). The number of rotatable bonds is 6. The van der Waals surface area contributed by atoms with Crippen molar-refractivity contribution in [2.75, 3.05) is 7.05 Å². The summed E-state index contributed by atoms with van der Waals surface area (Å²) in [5.74, 6) is 0. The van der Waals surface area contributed by atoms with E-state index in [4.69, 9.17) is 17.5 Å². The van der Waals surface area contributed by atoms with Crippen LogP contribution in [0.4, 0.5) is 0 Å². The molecule has 2 aromatic rings. The first kappa shape index (κ1) is 15.2. The second kappa shape index (κ2) is 6.97. The summed E-state index contributed by atoms with van der Waals surface area (Å²) in [5, 5.41) is 13.2. The fraction of sp³-hybridized carbons (Fsp3) is 0.267. The molecule has 21 heavy (non-hydrogen) atoms. The van der Waals surface area contributed by atoms with Gasteiger partial charge in [-0.05, 0) is 37.0 Å². The Balaban J connectivity index is 2.04. The molecule has 1 heterocycles. The number of allylic oxidation sites excluding steroid dienone is 1. The molecule has 0 unspecified atom stereocenters. The van der Waals surface area contributed by atoms with Crippen LogP contribution < -0.4 is 0 Å². The molecule has 0 amide bonds. The fourth-order valence-electron chi connectivity index (χ4n) is 2.06. The Kier molecular flexibility index (Phi) is 5.04. The highest BCUT2D eigenvalue weighted by atomic mass is 32.1. The zero-order chi connectivity index (χ0) is 15.2. The Bertz CT molecular complexity index is 722. The van der Waals surface area contributed by atoms with Crippen molar-refractivity contribution in [2.45, 2.75) is 19.8 Å². The van der Waals surface area contributed by atoms with Crippen molar-refractivity contribution in [1.82, 2.24) is 19.2 Å². The van der Waals surface area contributed by atoms with Gasteiger partial charge in [-0.3, -0.25) is 4.90 Å². The van der Waals surface area contributed by atoms with Gasteiger partial charge in [-0.15, -0.1) is 6.58 Å². The van der Waals surface area contributed by atoms with Crippen LogP contribution in [0.2, 0.25) is 0 Å². The maximum absolute atomic E-state index is 8.92. The summed E-state index contributed by atoms with van der Waals surface area (Å²) < 4.78 is 4.31. The molecule has 0 saturated heterocycles. The lowest BCUT2D eigenvalue weighted by atomic mass is 10.1. The van der Waals surface area contributed by atoms with Crippen molar-refractivity contribution in [1.29, 1.82) is 5.26 Å². The van der Waals surface area contributed by atoms with E-state index in [2.05, 4.69) is 22.6 Å². The van der Waals surface area contributed by atoms with E-state index in [1.165, 1.54) is 0 Å². The monoisotopic (exact) mass is 299 g/mol. The van der Waals surface area contributed by atoms with Gasteiger partial charge in [0, 0.05) is 13.1 Å². The van der Waals surface area contributed by atoms with Crippen molar-refractivity contribution in [2.24, 2.45) is 0 Å². The van der Waals surface area contributed by atoms with E-state index in [0.717, 1.165) is 12.1 Å². The lowest BCUT2D eigenvalue weighted by Gasteiger charge is -2.16. The molecule has 0 aliphatic heterocycles. The number of benzene rings is 1. The first-order valence-corrected chi connectivity index (χ1v) is 6.95. The Labute approximate surface area is 129 Å². The van der Waals surface area contributed by atoms with Gasteiger partial charge in [-0.1, -0.05) is 18.2 Å². The third-order valence-electron chi connectivity index (χ3n) is 3.01. The van der Waals surface area contributed by atoms with Crippen molar-refractivity contribution in [3.8, 4) is 6.07 Å². The number of hydrogen-bond donors (Lipinski definition) is 0. The zero-order valence-corrected chi connectivity index (χ0v) is 12.8. The summed E-state index contributed by atoms with van der Waals surface area (Å²) in [7, 11) is 1.99. The average molecular weight is 299 g/mol. The molecule has 6 heteroatoms. The average Bonchev–Trinajstić information content (AvgIpc) is 2.81. The standard InChI is InChI=1S/C15H17N5S/c1-3-7-19-11-17-20(15(19)21)12-18(2)10-14-6-4-5-13(8-14)9-16/h3-6,8,11H,1,7,10,12H2,2H3. The Morgan fingerprint density at radius 1 is 1.52 bits per heavy atom. The van der Waals surface area contributed by atoms with Gasteiger partial charge < -0.3 is 4.57 Å². The third-order valence-corrected chi connectivity index (χ3v) is 3.45. The van der Waals surface area contributed by atoms with Crippen LogP contribution >= 0.6 is 12.2 Å². The van der Waals surface area contributed by atoms with Crippen molar-refractivity contribution < 1.29 is 0 Å². The maximum atomic E-state index is 8.92. The minimum absolute atomic E-state index is 0.597. The molecular weight excluding hydrogens is 282 g/mol. The summed E-state index contributed by atoms with van der Waals surface area (Å²) in [4.78, 5) is 2.09. The van der Waals surface area contributed by atoms with E-state index in [0.29, 0.717) is 23.5 Å². The number of nitriles is 1. The molecule has 0 fully saturated rings. The van der Waals surface area contributed by atoms with Gasteiger partial charge in [0.25, 0.3) is 0 Å². The minimum atomic E-state index is 0.597. The lowest BCUT2D eigenvalue weighted by Crippen LogP contribution is -2.22. The van der Waals surface area contributed by atoms with Gasteiger partial charge in [0.05, 0.1) is 18.3 Å². The van der Waals surface area contributed by atoms with E-state index in [1.807, 2.05) is 29.8 Å². The molecule has 1 aromatic carbocycles. The smallest absolute Gasteiger partial charge is 0.199 e. The Morgan fingerprint density at radius 3 is 3.05 bits per heavy atom. The normalized spacial score (nSPS) is 10.5. The topological polar surface area (TPSA) is 49.8 Å². The van der Waals surface area contributed by atoms with Crippen LogP contribution in [-0.4, -0.2) is 26.3 Å². The van der Waals surface area contributed by atoms with Gasteiger partial charge >= 0.3 is 0 Å². The highest BCUT2D eigenvalue weighted by molar-refractivity contribution is 7.71. The number of aromatic nitrogens is 3. The Hall–Kier alpha value is -2.23. The van der Waals surface area contributed by atoms with Crippen molar-refractivity contribution in [3.63, 3.8) is 0 Å². The molecule has 0 spiro atoms. The molecule has 0 N–H and O–H groups in total. The molecule has 0 saturated carbocycles. The van der Waals surface area contributed by atoms with Gasteiger partial charge in [-0.2, -0.15) is 10.4 Å². The largest absolute Gasteiger partial charge is 0.303 e. The second-order valence-corrected chi connectivity index (χ2v) is 5.19. The summed E-state index contributed by atoms with van der Waals surface area (Å²) in [5.41, 5.74) is 1.77. The quantitative estimate of drug-likeness (QED) is 0.607. The number of nitrogens with zero attached hydrogens (tertiary/aromatic N) is 5. The van der Waals surface area contributed by atoms with E-state index >= 15 is 0 Å². The highest BCUT2D eigenvalue weighted by Gasteiger charge is 2.05. The second-order valence-electron chi connectivity index (χ2n) is 4.82. The van der Waals surface area contributed by atoms with Crippen LogP contribution in [0.15, 0.2) is 43.2 Å². The Morgan fingerprint density at radius 2 is 2.33 bits per heavy atom. The molecule has 0 aliphatic rings. The third kappa shape index (κ3) is 3.88. The molecule has 0 aliphatic carbocycles. The van der Waals surface area contributed by atoms with Crippen LogP contribution in [0, 0.1) is 16.1 Å². The van der Waals surface area contributed by atoms with Crippen LogP contribution in [0.25, 0.3) is 0 Å². The summed E-state index contributed by atoms with van der Waals surface area (Å²) in [6.45, 7) is 5.68. The highest BCUT2D eigenvalue weighted by Crippen LogP contribution is 2.07. The van der Waals surface area contributed by atoms with Gasteiger partial charge in [0.15, 0.2) is 4.77 Å². The van der Waals surface area contributed by atoms with Crippen LogP contribution in [0.1, 0.15) is 11.1 Å². The SMILES string of the molecule is C=CCn1cnn(CN(C)Cc2cccc(C#N)c2)c1=S. The van der Waals surface area contributed by atoms with Crippen LogP contribution in [-0.2, 0) is 19.8 Å². The zero-order valence-electron chi connectivity index (χ0n) is 11.9. The predicted molar refractivity (Wildman–Crippen MR) is 83.9 cm³/mol. The fourth-order valence-corrected chi connectivity index (χ4v) is 2.29. The first-order chi connectivity index (χ1) is 10.1. The lowest BCUT2D eigenvalue weighted by molar-refractivity contribution is 0.244. The summed E-state index contributed by atoms with van der Waals surface area (Å²) >= 11 is 5.36. The minimum Gasteiger partial charge on any atom is -0.303 e. The molecule has 108 valence electrons. The van der Waals surface area contributed by atoms with Gasteiger partial charge in [-0.25, -0.2) is 4.68 Å². The molecular formula is C15H17N5S. The van der Waals surface area contributed by atoms with Crippen molar-refractivity contribution in [3.05, 3.63) is 59.1 Å². The molecule has 1 aromatic heterocycles. The maximum Gasteiger partial charge on any atom is 0.199 e. The summed E-state index contributed by atoms with van der Waals surface area (Å²) in [6, 6.07) is 9.75. The number of hydrogen-bond acceptors (Lipinski definition) is 4. The van der Waals surface area contributed by atoms with Gasteiger partial charge in [0.1, 0.15) is 6.33 Å². The van der Waals surface area contributed by atoms with Crippen LogP contribution in [0.5, 0.6) is 0 Å². The van der Waals surface area contributed by atoms with E-state index in [1.54, 1.807) is 23.2 Å². The van der Waals surface area contributed by atoms with Crippen molar-refractivity contribution >= 4 is 12.2 Å². The molecule has 0 bridgehead atoms. The van der Waals surface area contributed by atoms with E-state index in [-0.39, 0.29) is 0 Å². The summed E-state index contributed by atoms with van der Waals surface area (Å²) in [6.07, 6.45) is 3.51. The molecule has 0 atom stereocenters. The van der Waals surface area contributed by atoms with E-state index in [9.17, 15) is 0 Å². The molecule has 5 nitrogen and oxygen atoms in total. The van der Waals surface area contributed by atoms with E-state index < -0.39 is 0 Å². The predicted octanol–water partition coefficient (Wildman–Crippen LogP) is 2.56.